The Hall–Kier alpha value is -3.22. The van der Waals surface area contributed by atoms with E-state index in [-0.39, 0.29) is 38.1 Å². The van der Waals surface area contributed by atoms with Crippen LogP contribution in [-0.2, 0) is 28.8 Å². The lowest BCUT2D eigenvalue weighted by Crippen LogP contribution is -2.57. The molecule has 1 heterocycles. The maximum absolute atomic E-state index is 13.2. The number of hydrogen-bond acceptors (Lipinski definition) is 7. The molecule has 0 spiro atoms. The van der Waals surface area contributed by atoms with Crippen LogP contribution in [0.2, 0.25) is 0 Å². The third-order valence-corrected chi connectivity index (χ3v) is 5.88. The maximum atomic E-state index is 13.2. The molecule has 1 fully saturated rings. The van der Waals surface area contributed by atoms with Gasteiger partial charge < -0.3 is 36.6 Å². The van der Waals surface area contributed by atoms with Gasteiger partial charge in [-0.15, -0.1) is 0 Å². The number of carbonyl (C=O) groups is 6. The second-order valence-electron chi connectivity index (χ2n) is 8.43. The van der Waals surface area contributed by atoms with Crippen LogP contribution in [0.4, 0.5) is 0 Å². The Balaban J connectivity index is 2.98. The molecule has 0 saturated carbocycles. The largest absolute Gasteiger partial charge is 0.481 e. The normalized spacial score (nSPS) is 18.9. The van der Waals surface area contributed by atoms with Crippen molar-refractivity contribution in [2.75, 3.05) is 6.54 Å². The van der Waals surface area contributed by atoms with Crippen molar-refractivity contribution in [1.29, 1.82) is 0 Å². The van der Waals surface area contributed by atoms with Gasteiger partial charge in [0.15, 0.2) is 0 Å². The fraction of sp³-hybridized carbons (Fsp3) is 0.714. The van der Waals surface area contributed by atoms with Crippen LogP contribution in [-0.4, -0.2) is 86.6 Å². The molecule has 5 atom stereocenters. The lowest BCUT2D eigenvalue weighted by atomic mass is 9.98. The molecular formula is C21H34N4O9. The summed E-state index contributed by atoms with van der Waals surface area (Å²) >= 11 is 0. The minimum atomic E-state index is -1.29. The maximum Gasteiger partial charge on any atom is 0.326 e. The molecule has 1 saturated heterocycles. The number of carboxylic acid groups (broad SMARTS) is 3. The number of carboxylic acids is 3. The predicted octanol–water partition coefficient (Wildman–Crippen LogP) is -0.865. The lowest BCUT2D eigenvalue weighted by molar-refractivity contribution is -0.146. The molecule has 0 aromatic carbocycles. The molecule has 13 nitrogen and oxygen atoms in total. The number of likely N-dealkylation sites (tertiary alicyclic amines) is 1. The number of carbonyl (C=O) groups excluding carboxylic acids is 3. The highest BCUT2D eigenvalue weighted by Gasteiger charge is 2.39. The van der Waals surface area contributed by atoms with Crippen LogP contribution in [0.3, 0.4) is 0 Å². The molecule has 5 unspecified atom stereocenters. The summed E-state index contributed by atoms with van der Waals surface area (Å²) in [6.07, 6.45) is 0.00217. The van der Waals surface area contributed by atoms with Crippen LogP contribution >= 0.6 is 0 Å². The van der Waals surface area contributed by atoms with E-state index in [1.807, 2.05) is 0 Å². The van der Waals surface area contributed by atoms with Gasteiger partial charge in [0.1, 0.15) is 18.1 Å². The van der Waals surface area contributed by atoms with Gasteiger partial charge in [0.25, 0.3) is 0 Å². The molecule has 1 aliphatic heterocycles. The zero-order valence-corrected chi connectivity index (χ0v) is 19.4. The van der Waals surface area contributed by atoms with Crippen molar-refractivity contribution in [2.24, 2.45) is 11.7 Å². The van der Waals surface area contributed by atoms with Gasteiger partial charge in [-0.3, -0.25) is 24.0 Å². The topological polar surface area (TPSA) is 216 Å². The summed E-state index contributed by atoms with van der Waals surface area (Å²) in [5.41, 5.74) is 5.69. The van der Waals surface area contributed by atoms with E-state index in [2.05, 4.69) is 10.6 Å². The molecule has 0 aliphatic carbocycles. The molecule has 1 aliphatic rings. The van der Waals surface area contributed by atoms with Gasteiger partial charge in [-0.05, 0) is 31.6 Å². The van der Waals surface area contributed by atoms with Crippen molar-refractivity contribution in [3.63, 3.8) is 0 Å². The number of aliphatic carboxylic acids is 3. The van der Waals surface area contributed by atoms with Gasteiger partial charge in [0, 0.05) is 19.4 Å². The van der Waals surface area contributed by atoms with E-state index in [1.54, 1.807) is 13.8 Å². The summed E-state index contributed by atoms with van der Waals surface area (Å²) in [7, 11) is 0. The lowest BCUT2D eigenvalue weighted by Gasteiger charge is -2.30. The zero-order chi connectivity index (χ0) is 26.0. The third kappa shape index (κ3) is 8.61. The Morgan fingerprint density at radius 3 is 2.12 bits per heavy atom. The second-order valence-corrected chi connectivity index (χ2v) is 8.43. The molecular weight excluding hydrogens is 452 g/mol. The first-order chi connectivity index (χ1) is 15.9. The molecule has 1 rings (SSSR count). The second kappa shape index (κ2) is 13.5. The van der Waals surface area contributed by atoms with E-state index >= 15 is 0 Å². The smallest absolute Gasteiger partial charge is 0.326 e. The van der Waals surface area contributed by atoms with Crippen molar-refractivity contribution < 1.29 is 44.1 Å². The van der Waals surface area contributed by atoms with Crippen molar-refractivity contribution in [2.45, 2.75) is 83.0 Å². The Morgan fingerprint density at radius 2 is 1.59 bits per heavy atom. The number of hydrogen-bond donors (Lipinski definition) is 6. The van der Waals surface area contributed by atoms with Gasteiger partial charge in [0.05, 0.1) is 6.04 Å². The molecule has 34 heavy (non-hydrogen) atoms. The van der Waals surface area contributed by atoms with Crippen molar-refractivity contribution in [1.82, 2.24) is 15.5 Å². The first-order valence-electron chi connectivity index (χ1n) is 11.2. The number of amides is 3. The van der Waals surface area contributed by atoms with Crippen LogP contribution in [0.1, 0.15) is 58.8 Å². The Kier molecular flexibility index (Phi) is 11.4. The van der Waals surface area contributed by atoms with Gasteiger partial charge in [0.2, 0.25) is 17.7 Å². The number of rotatable bonds is 14. The Bertz CT molecular complexity index is 788. The van der Waals surface area contributed by atoms with Crippen molar-refractivity contribution in [3.05, 3.63) is 0 Å². The van der Waals surface area contributed by atoms with E-state index in [0.29, 0.717) is 12.8 Å². The van der Waals surface area contributed by atoms with E-state index in [0.717, 1.165) is 0 Å². The van der Waals surface area contributed by atoms with E-state index < -0.39 is 66.2 Å². The van der Waals surface area contributed by atoms with E-state index in [9.17, 15) is 33.9 Å². The summed E-state index contributed by atoms with van der Waals surface area (Å²) in [5, 5.41) is 32.1. The number of nitrogens with two attached hydrogens (primary N) is 1. The molecule has 192 valence electrons. The van der Waals surface area contributed by atoms with Gasteiger partial charge in [-0.1, -0.05) is 20.3 Å². The fourth-order valence-corrected chi connectivity index (χ4v) is 3.65. The van der Waals surface area contributed by atoms with Crippen molar-refractivity contribution in [3.8, 4) is 0 Å². The van der Waals surface area contributed by atoms with Crippen molar-refractivity contribution >= 4 is 35.6 Å². The average molecular weight is 487 g/mol. The summed E-state index contributed by atoms with van der Waals surface area (Å²) in [5.74, 6) is -6.02. The molecule has 0 radical (unpaired) electrons. The van der Waals surface area contributed by atoms with Gasteiger partial charge in [-0.25, -0.2) is 4.79 Å². The highest BCUT2D eigenvalue weighted by molar-refractivity contribution is 5.94. The standard InChI is InChI=1S/C21H34N4O9/c1-3-11(2)17(21(33)34)24-19(31)14-5-4-10-25(14)20(32)13(7-9-16(28)29)23-18(30)12(22)6-8-15(26)27/h11-14,17H,3-10,22H2,1-2H3,(H,23,30)(H,24,31)(H,26,27)(H,28,29)(H,33,34). The highest BCUT2D eigenvalue weighted by atomic mass is 16.4. The van der Waals surface area contributed by atoms with Crippen LogP contribution in [0.5, 0.6) is 0 Å². The number of nitrogens with zero attached hydrogens (tertiary/aromatic N) is 1. The Morgan fingerprint density at radius 1 is 1.00 bits per heavy atom. The monoisotopic (exact) mass is 486 g/mol. The summed E-state index contributed by atoms with van der Waals surface area (Å²) in [4.78, 5) is 72.9. The fourth-order valence-electron chi connectivity index (χ4n) is 3.65. The quantitative estimate of drug-likeness (QED) is 0.178. The van der Waals surface area contributed by atoms with Gasteiger partial charge in [-0.2, -0.15) is 0 Å². The molecule has 0 aromatic heterocycles. The SMILES string of the molecule is CCC(C)C(NC(=O)C1CCCN1C(=O)C(CCC(=O)O)NC(=O)C(N)CCC(=O)O)C(=O)O. The minimum Gasteiger partial charge on any atom is -0.481 e. The van der Waals surface area contributed by atoms with Crippen LogP contribution in [0.15, 0.2) is 0 Å². The van der Waals surface area contributed by atoms with Gasteiger partial charge >= 0.3 is 17.9 Å². The predicted molar refractivity (Wildman–Crippen MR) is 117 cm³/mol. The minimum absolute atomic E-state index is 0.169. The third-order valence-electron chi connectivity index (χ3n) is 5.88. The first kappa shape index (κ1) is 28.8. The zero-order valence-electron chi connectivity index (χ0n) is 19.4. The van der Waals surface area contributed by atoms with Crippen LogP contribution in [0.25, 0.3) is 0 Å². The van der Waals surface area contributed by atoms with Crippen LogP contribution < -0.4 is 16.4 Å². The summed E-state index contributed by atoms with van der Waals surface area (Å²) in [6, 6.07) is -4.62. The number of nitrogens with one attached hydrogen (secondary N) is 2. The summed E-state index contributed by atoms with van der Waals surface area (Å²) < 4.78 is 0. The van der Waals surface area contributed by atoms with E-state index in [1.165, 1.54) is 4.90 Å². The van der Waals surface area contributed by atoms with E-state index in [4.69, 9.17) is 15.9 Å². The molecule has 0 bridgehead atoms. The highest BCUT2D eigenvalue weighted by Crippen LogP contribution is 2.21. The average Bonchev–Trinajstić information content (AvgIpc) is 3.26. The molecule has 13 heteroatoms. The van der Waals surface area contributed by atoms with Crippen LogP contribution in [0, 0.1) is 5.92 Å². The molecule has 3 amide bonds. The molecule has 0 aromatic rings. The summed E-state index contributed by atoms with van der Waals surface area (Å²) in [6.45, 7) is 3.64. The molecule has 7 N–H and O–H groups in total. The first-order valence-corrected chi connectivity index (χ1v) is 11.2. The Labute approximate surface area is 197 Å².